The van der Waals surface area contributed by atoms with E-state index >= 15 is 0 Å². The molecule has 0 aromatic heterocycles. The van der Waals surface area contributed by atoms with Crippen LogP contribution in [0.15, 0.2) is 60.7 Å². The normalized spacial score (nSPS) is 13.2. The molecule has 0 aliphatic carbocycles. The van der Waals surface area contributed by atoms with Crippen molar-refractivity contribution in [3.8, 4) is 5.75 Å². The fourth-order valence-corrected chi connectivity index (χ4v) is 4.77. The molecule has 2 N–H and O–H groups in total. The first-order valence-electron chi connectivity index (χ1n) is 11.9. The number of carbonyl (C=O) groups excluding carboxylic acids is 2. The Morgan fingerprint density at radius 3 is 2.19 bits per heavy atom. The number of aryl methyl sites for hydroxylation is 2. The van der Waals surface area contributed by atoms with Crippen LogP contribution in [0.5, 0.6) is 5.75 Å². The minimum absolute atomic E-state index is 0.0880. The van der Waals surface area contributed by atoms with E-state index in [-0.39, 0.29) is 16.9 Å². The first-order valence-corrected chi connectivity index (χ1v) is 12.7. The molecule has 0 bridgehead atoms. The van der Waals surface area contributed by atoms with Crippen molar-refractivity contribution in [2.75, 3.05) is 43.5 Å². The van der Waals surface area contributed by atoms with Crippen LogP contribution in [0, 0.1) is 13.8 Å². The number of hydrogen-bond acceptors (Lipinski definition) is 5. The van der Waals surface area contributed by atoms with Gasteiger partial charge in [0.1, 0.15) is 5.75 Å². The summed E-state index contributed by atoms with van der Waals surface area (Å²) in [6.07, 6.45) is 0. The third kappa shape index (κ3) is 6.58. The van der Waals surface area contributed by atoms with Gasteiger partial charge in [-0.2, -0.15) is 0 Å². The lowest BCUT2D eigenvalue weighted by Gasteiger charge is -2.36. The molecule has 1 aliphatic rings. The summed E-state index contributed by atoms with van der Waals surface area (Å²) in [5, 5.41) is 6.53. The van der Waals surface area contributed by atoms with Crippen LogP contribution in [0.25, 0.3) is 0 Å². The number of halogens is 1. The van der Waals surface area contributed by atoms with E-state index in [9.17, 15) is 9.59 Å². The van der Waals surface area contributed by atoms with Crippen molar-refractivity contribution in [3.63, 3.8) is 0 Å². The Kier molecular flexibility index (Phi) is 8.31. The second-order valence-electron chi connectivity index (χ2n) is 8.96. The van der Waals surface area contributed by atoms with Crippen LogP contribution in [-0.4, -0.2) is 55.1 Å². The highest BCUT2D eigenvalue weighted by Gasteiger charge is 2.24. The van der Waals surface area contributed by atoms with E-state index < -0.39 is 0 Å². The smallest absolute Gasteiger partial charge is 0.257 e. The summed E-state index contributed by atoms with van der Waals surface area (Å²) in [7, 11) is 1.54. The van der Waals surface area contributed by atoms with E-state index in [1.807, 2.05) is 61.2 Å². The molecule has 0 saturated carbocycles. The number of carbonyl (C=O) groups is 2. The van der Waals surface area contributed by atoms with Crippen molar-refractivity contribution in [2.45, 2.75) is 13.8 Å². The summed E-state index contributed by atoms with van der Waals surface area (Å²) in [5.74, 6) is 0.182. The number of anilines is 2. The van der Waals surface area contributed by atoms with Crippen molar-refractivity contribution in [1.29, 1.82) is 0 Å². The first-order chi connectivity index (χ1) is 17.7. The minimum atomic E-state index is -0.247. The van der Waals surface area contributed by atoms with Crippen molar-refractivity contribution in [3.05, 3.63) is 87.9 Å². The summed E-state index contributed by atoms with van der Waals surface area (Å²) in [5.41, 5.74) is 4.91. The molecular weight excluding hydrogens is 508 g/mol. The van der Waals surface area contributed by atoms with Crippen LogP contribution in [0.3, 0.4) is 0 Å². The Hall–Kier alpha value is -3.62. The van der Waals surface area contributed by atoms with Crippen LogP contribution in [-0.2, 0) is 0 Å². The lowest BCUT2D eigenvalue weighted by molar-refractivity contribution is 0.0743. The maximum absolute atomic E-state index is 13.0. The zero-order valence-electron chi connectivity index (χ0n) is 21.0. The number of hydrogen-bond donors (Lipinski definition) is 2. The van der Waals surface area contributed by atoms with Crippen molar-refractivity contribution < 1.29 is 14.3 Å². The van der Waals surface area contributed by atoms with Crippen LogP contribution < -0.4 is 20.3 Å². The van der Waals surface area contributed by atoms with Crippen LogP contribution in [0.1, 0.15) is 31.8 Å². The molecule has 9 heteroatoms. The van der Waals surface area contributed by atoms with Gasteiger partial charge in [-0.1, -0.05) is 28.8 Å². The molecule has 0 radical (unpaired) electrons. The zero-order valence-corrected chi connectivity index (χ0v) is 22.6. The van der Waals surface area contributed by atoms with E-state index in [0.29, 0.717) is 48.1 Å². The van der Waals surface area contributed by atoms with Gasteiger partial charge in [-0.25, -0.2) is 0 Å². The monoisotopic (exact) mass is 536 g/mol. The summed E-state index contributed by atoms with van der Waals surface area (Å²) >= 11 is 11.4. The fourth-order valence-electron chi connectivity index (χ4n) is 4.38. The summed E-state index contributed by atoms with van der Waals surface area (Å²) in [6.45, 7) is 6.48. The number of ether oxygens (including phenoxy) is 1. The van der Waals surface area contributed by atoms with Gasteiger partial charge < -0.3 is 19.9 Å². The third-order valence-electron chi connectivity index (χ3n) is 6.16. The van der Waals surface area contributed by atoms with E-state index in [4.69, 9.17) is 28.6 Å². The molecular formula is C28H29ClN4O3S. The number of thiocarbonyl (C=S) groups is 1. The van der Waals surface area contributed by atoms with E-state index in [0.717, 1.165) is 22.5 Å². The van der Waals surface area contributed by atoms with E-state index in [1.54, 1.807) is 25.3 Å². The molecule has 0 atom stereocenters. The molecule has 37 heavy (non-hydrogen) atoms. The Morgan fingerprint density at radius 1 is 0.919 bits per heavy atom. The van der Waals surface area contributed by atoms with Crippen molar-refractivity contribution in [1.82, 2.24) is 10.2 Å². The van der Waals surface area contributed by atoms with Crippen LogP contribution >= 0.6 is 23.8 Å². The maximum atomic E-state index is 13.0. The topological polar surface area (TPSA) is 73.9 Å². The number of nitrogens with one attached hydrogen (secondary N) is 2. The number of piperazine rings is 1. The minimum Gasteiger partial charge on any atom is -0.496 e. The Labute approximate surface area is 227 Å². The molecule has 1 aliphatic heterocycles. The molecule has 192 valence electrons. The highest BCUT2D eigenvalue weighted by molar-refractivity contribution is 7.80. The number of nitrogens with zero attached hydrogens (tertiary/aromatic N) is 2. The molecule has 1 fully saturated rings. The third-order valence-corrected chi connectivity index (χ3v) is 6.60. The Morgan fingerprint density at radius 2 is 1.57 bits per heavy atom. The molecule has 2 amide bonds. The first kappa shape index (κ1) is 26.4. The lowest BCUT2D eigenvalue weighted by atomic mass is 10.1. The average molecular weight is 537 g/mol. The fraction of sp³-hybridized carbons (Fsp3) is 0.250. The standard InChI is InChI=1S/C28H29ClN4O3S/c1-18-14-19(2)16-20(15-18)26(34)31-28(37)30-22-5-7-23(8-6-22)32-10-12-33(13-11-32)27(35)24-17-21(29)4-9-25(24)36-3/h4-9,14-17H,10-13H2,1-3H3,(H2,30,31,34,37). The summed E-state index contributed by atoms with van der Waals surface area (Å²) in [6, 6.07) is 18.6. The van der Waals surface area contributed by atoms with Crippen molar-refractivity contribution >= 4 is 52.1 Å². The number of rotatable bonds is 5. The van der Waals surface area contributed by atoms with E-state index in [2.05, 4.69) is 15.5 Å². The van der Waals surface area contributed by atoms with Gasteiger partial charge in [-0.05, 0) is 80.7 Å². The predicted octanol–water partition coefficient (Wildman–Crippen LogP) is 5.05. The number of methoxy groups -OCH3 is 1. The Balaban J connectivity index is 1.31. The van der Waals surface area contributed by atoms with Crippen molar-refractivity contribution in [2.24, 2.45) is 0 Å². The molecule has 3 aromatic carbocycles. The molecule has 7 nitrogen and oxygen atoms in total. The SMILES string of the molecule is COc1ccc(Cl)cc1C(=O)N1CCN(c2ccc(NC(=S)NC(=O)c3cc(C)cc(C)c3)cc2)CC1. The maximum Gasteiger partial charge on any atom is 0.257 e. The second-order valence-corrected chi connectivity index (χ2v) is 9.80. The molecule has 1 saturated heterocycles. The average Bonchev–Trinajstić information content (AvgIpc) is 2.88. The predicted molar refractivity (Wildman–Crippen MR) is 152 cm³/mol. The van der Waals surface area contributed by atoms with Gasteiger partial charge >= 0.3 is 0 Å². The summed E-state index contributed by atoms with van der Waals surface area (Å²) in [4.78, 5) is 29.6. The highest BCUT2D eigenvalue weighted by atomic mass is 35.5. The van der Waals surface area contributed by atoms with Gasteiger partial charge in [0.05, 0.1) is 12.7 Å². The largest absolute Gasteiger partial charge is 0.496 e. The van der Waals surface area contributed by atoms with Gasteiger partial charge in [0.2, 0.25) is 0 Å². The molecule has 3 aromatic rings. The van der Waals surface area contributed by atoms with Gasteiger partial charge in [0.15, 0.2) is 5.11 Å². The molecule has 0 spiro atoms. The number of amides is 2. The molecule has 0 unspecified atom stereocenters. The molecule has 1 heterocycles. The van der Waals surface area contributed by atoms with Crippen LogP contribution in [0.2, 0.25) is 5.02 Å². The van der Waals surface area contributed by atoms with Gasteiger partial charge in [-0.15, -0.1) is 0 Å². The quantitative estimate of drug-likeness (QED) is 0.444. The lowest BCUT2D eigenvalue weighted by Crippen LogP contribution is -2.48. The second kappa shape index (κ2) is 11.6. The Bertz CT molecular complexity index is 1300. The highest BCUT2D eigenvalue weighted by Crippen LogP contribution is 2.25. The summed E-state index contributed by atoms with van der Waals surface area (Å²) < 4.78 is 5.34. The van der Waals surface area contributed by atoms with Gasteiger partial charge in [-0.3, -0.25) is 14.9 Å². The zero-order chi connectivity index (χ0) is 26.5. The number of benzene rings is 3. The van der Waals surface area contributed by atoms with Crippen LogP contribution in [0.4, 0.5) is 11.4 Å². The molecule has 4 rings (SSSR count). The van der Waals surface area contributed by atoms with Gasteiger partial charge in [0.25, 0.3) is 11.8 Å². The van der Waals surface area contributed by atoms with E-state index in [1.165, 1.54) is 0 Å². The van der Waals surface area contributed by atoms with Gasteiger partial charge in [0, 0.05) is 48.1 Å².